The quantitative estimate of drug-likeness (QED) is 0.805. The summed E-state index contributed by atoms with van der Waals surface area (Å²) >= 11 is 0. The number of carbonyl (C=O) groups excluding carboxylic acids is 1. The second kappa shape index (κ2) is 6.74. The monoisotopic (exact) mass is 268 g/mol. The van der Waals surface area contributed by atoms with E-state index in [1.165, 1.54) is 12.8 Å². The van der Waals surface area contributed by atoms with E-state index in [1.807, 2.05) is 13.8 Å². The predicted octanol–water partition coefficient (Wildman–Crippen LogP) is 2.94. The molecule has 19 heavy (non-hydrogen) atoms. The first-order valence-corrected chi connectivity index (χ1v) is 7.85. The Hall–Kier alpha value is -0.570. The first-order valence-electron chi connectivity index (χ1n) is 7.85. The lowest BCUT2D eigenvalue weighted by Gasteiger charge is -2.39. The average Bonchev–Trinajstić information content (AvgIpc) is 2.37. The molecule has 1 aliphatic carbocycles. The fourth-order valence-electron chi connectivity index (χ4n) is 3.11. The fraction of sp³-hybridized carbons (Fsp3) is 0.938. The van der Waals surface area contributed by atoms with Crippen molar-refractivity contribution in [3.8, 4) is 0 Å². The lowest BCUT2D eigenvalue weighted by Crippen LogP contribution is -2.52. The Labute approximate surface area is 118 Å². The van der Waals surface area contributed by atoms with Crippen molar-refractivity contribution in [2.75, 3.05) is 6.54 Å². The zero-order valence-corrected chi connectivity index (χ0v) is 13.3. The van der Waals surface area contributed by atoms with E-state index >= 15 is 0 Å². The third-order valence-electron chi connectivity index (χ3n) is 5.12. The number of nitrogens with two attached hydrogens (primary N) is 1. The molecule has 0 aromatic carbocycles. The molecular weight excluding hydrogens is 236 g/mol. The topological polar surface area (TPSA) is 55.1 Å². The Morgan fingerprint density at radius 1 is 1.42 bits per heavy atom. The third kappa shape index (κ3) is 3.95. The van der Waals surface area contributed by atoms with Crippen LogP contribution < -0.4 is 11.1 Å². The maximum Gasteiger partial charge on any atom is 0.227 e. The Morgan fingerprint density at radius 3 is 2.53 bits per heavy atom. The molecule has 4 unspecified atom stereocenters. The van der Waals surface area contributed by atoms with E-state index in [0.717, 1.165) is 12.8 Å². The highest BCUT2D eigenvalue weighted by Gasteiger charge is 2.36. The molecule has 1 fully saturated rings. The van der Waals surface area contributed by atoms with Crippen molar-refractivity contribution in [3.05, 3.63) is 0 Å². The second-order valence-electron chi connectivity index (χ2n) is 7.02. The molecule has 0 spiro atoms. The first-order chi connectivity index (χ1) is 8.84. The van der Waals surface area contributed by atoms with Crippen molar-refractivity contribution < 1.29 is 4.79 Å². The van der Waals surface area contributed by atoms with Crippen LogP contribution >= 0.6 is 0 Å². The van der Waals surface area contributed by atoms with Gasteiger partial charge in [0.2, 0.25) is 5.91 Å². The molecule has 0 aromatic heterocycles. The molecule has 4 atom stereocenters. The molecule has 1 amide bonds. The molecular formula is C16H32N2O. The Kier molecular flexibility index (Phi) is 5.84. The molecule has 3 nitrogen and oxygen atoms in total. The molecule has 3 heteroatoms. The lowest BCUT2D eigenvalue weighted by atomic mass is 9.73. The van der Waals surface area contributed by atoms with Crippen LogP contribution in [0.2, 0.25) is 0 Å². The van der Waals surface area contributed by atoms with Crippen LogP contribution in [0.25, 0.3) is 0 Å². The number of nitrogens with one attached hydrogen (secondary N) is 1. The Morgan fingerprint density at radius 2 is 2.05 bits per heavy atom. The third-order valence-corrected chi connectivity index (χ3v) is 5.12. The largest absolute Gasteiger partial charge is 0.353 e. The number of amides is 1. The van der Waals surface area contributed by atoms with Gasteiger partial charge in [-0.2, -0.15) is 0 Å². The number of carbonyl (C=O) groups is 1. The standard InChI is InChI=1S/C16H32N2O/c1-6-16(5,10-17)15(19)18-14-9-12(4)7-8-13(14)11(2)3/h11-14H,6-10,17H2,1-5H3,(H,18,19). The lowest BCUT2D eigenvalue weighted by molar-refractivity contribution is -0.131. The van der Waals surface area contributed by atoms with E-state index in [2.05, 4.69) is 26.1 Å². The summed E-state index contributed by atoms with van der Waals surface area (Å²) in [7, 11) is 0. The zero-order chi connectivity index (χ0) is 14.6. The summed E-state index contributed by atoms with van der Waals surface area (Å²) in [6, 6.07) is 0.327. The van der Waals surface area contributed by atoms with E-state index in [0.29, 0.717) is 30.3 Å². The van der Waals surface area contributed by atoms with Gasteiger partial charge in [-0.25, -0.2) is 0 Å². The minimum atomic E-state index is -0.414. The molecule has 0 saturated heterocycles. The minimum absolute atomic E-state index is 0.141. The van der Waals surface area contributed by atoms with Gasteiger partial charge in [0.15, 0.2) is 0 Å². The van der Waals surface area contributed by atoms with Gasteiger partial charge in [-0.1, -0.05) is 34.1 Å². The van der Waals surface area contributed by atoms with Crippen molar-refractivity contribution in [2.45, 2.75) is 66.3 Å². The van der Waals surface area contributed by atoms with E-state index in [-0.39, 0.29) is 5.91 Å². The van der Waals surface area contributed by atoms with Crippen LogP contribution in [0.15, 0.2) is 0 Å². The summed E-state index contributed by atoms with van der Waals surface area (Å²) in [5.41, 5.74) is 5.37. The zero-order valence-electron chi connectivity index (χ0n) is 13.3. The molecule has 0 bridgehead atoms. The summed E-state index contributed by atoms with van der Waals surface area (Å²) in [6.07, 6.45) is 4.43. The fourth-order valence-corrected chi connectivity index (χ4v) is 3.11. The van der Waals surface area contributed by atoms with Crippen LogP contribution in [-0.4, -0.2) is 18.5 Å². The van der Waals surface area contributed by atoms with Crippen LogP contribution in [0.5, 0.6) is 0 Å². The second-order valence-corrected chi connectivity index (χ2v) is 7.02. The Balaban J connectivity index is 2.73. The van der Waals surface area contributed by atoms with E-state index in [9.17, 15) is 4.79 Å². The van der Waals surface area contributed by atoms with Gasteiger partial charge in [0, 0.05) is 12.6 Å². The van der Waals surface area contributed by atoms with Crippen LogP contribution in [0.4, 0.5) is 0 Å². The van der Waals surface area contributed by atoms with Crippen molar-refractivity contribution in [2.24, 2.45) is 28.9 Å². The first kappa shape index (κ1) is 16.5. The molecule has 1 aliphatic rings. The number of hydrogen-bond acceptors (Lipinski definition) is 2. The predicted molar refractivity (Wildman–Crippen MR) is 80.7 cm³/mol. The number of hydrogen-bond donors (Lipinski definition) is 2. The molecule has 1 rings (SSSR count). The van der Waals surface area contributed by atoms with Crippen LogP contribution in [0, 0.1) is 23.2 Å². The van der Waals surface area contributed by atoms with Crippen molar-refractivity contribution in [3.63, 3.8) is 0 Å². The molecule has 0 aliphatic heterocycles. The van der Waals surface area contributed by atoms with Crippen molar-refractivity contribution in [1.82, 2.24) is 5.32 Å². The number of rotatable bonds is 5. The van der Waals surface area contributed by atoms with Crippen LogP contribution in [0.1, 0.15) is 60.3 Å². The molecule has 3 N–H and O–H groups in total. The Bertz CT molecular complexity index is 297. The SMILES string of the molecule is CCC(C)(CN)C(=O)NC1CC(C)CCC1C(C)C. The highest BCUT2D eigenvalue weighted by Crippen LogP contribution is 2.34. The summed E-state index contributed by atoms with van der Waals surface area (Å²) in [5, 5.41) is 3.30. The highest BCUT2D eigenvalue weighted by molar-refractivity contribution is 5.82. The van der Waals surface area contributed by atoms with Crippen LogP contribution in [0.3, 0.4) is 0 Å². The maximum atomic E-state index is 12.5. The van der Waals surface area contributed by atoms with Crippen LogP contribution in [-0.2, 0) is 4.79 Å². The van der Waals surface area contributed by atoms with Crippen molar-refractivity contribution in [1.29, 1.82) is 0 Å². The van der Waals surface area contributed by atoms with Gasteiger partial charge in [-0.15, -0.1) is 0 Å². The molecule has 112 valence electrons. The van der Waals surface area contributed by atoms with Gasteiger partial charge in [0.1, 0.15) is 0 Å². The summed E-state index contributed by atoms with van der Waals surface area (Å²) in [4.78, 5) is 12.5. The maximum absolute atomic E-state index is 12.5. The van der Waals surface area contributed by atoms with Crippen molar-refractivity contribution >= 4 is 5.91 Å². The minimum Gasteiger partial charge on any atom is -0.353 e. The summed E-state index contributed by atoms with van der Waals surface area (Å²) in [6.45, 7) is 11.2. The van der Waals surface area contributed by atoms with E-state index in [4.69, 9.17) is 5.73 Å². The average molecular weight is 268 g/mol. The van der Waals surface area contributed by atoms with Gasteiger partial charge in [-0.3, -0.25) is 4.79 Å². The molecule has 0 aromatic rings. The van der Waals surface area contributed by atoms with Gasteiger partial charge < -0.3 is 11.1 Å². The molecule has 0 heterocycles. The van der Waals surface area contributed by atoms with Gasteiger partial charge in [0.05, 0.1) is 5.41 Å². The van der Waals surface area contributed by atoms with E-state index in [1.54, 1.807) is 0 Å². The normalized spacial score (nSPS) is 31.0. The molecule has 1 saturated carbocycles. The van der Waals surface area contributed by atoms with Gasteiger partial charge in [0.25, 0.3) is 0 Å². The highest BCUT2D eigenvalue weighted by atomic mass is 16.2. The van der Waals surface area contributed by atoms with E-state index < -0.39 is 5.41 Å². The smallest absolute Gasteiger partial charge is 0.227 e. The molecule has 0 radical (unpaired) electrons. The van der Waals surface area contributed by atoms with Gasteiger partial charge >= 0.3 is 0 Å². The summed E-state index contributed by atoms with van der Waals surface area (Å²) in [5.74, 6) is 2.09. The summed E-state index contributed by atoms with van der Waals surface area (Å²) < 4.78 is 0. The van der Waals surface area contributed by atoms with Gasteiger partial charge in [-0.05, 0) is 43.9 Å².